The zero-order valence-corrected chi connectivity index (χ0v) is 13.0. The molecular weight excluding hydrogens is 290 g/mol. The Morgan fingerprint density at radius 3 is 3.00 bits per heavy atom. The molecule has 1 amide bonds. The molecule has 0 radical (unpaired) electrons. The van der Waals surface area contributed by atoms with Gasteiger partial charge >= 0.3 is 0 Å². The summed E-state index contributed by atoms with van der Waals surface area (Å²) in [6, 6.07) is 3.34. The van der Waals surface area contributed by atoms with Gasteiger partial charge in [0.2, 0.25) is 15.9 Å². The first-order valence-corrected chi connectivity index (χ1v) is 8.97. The summed E-state index contributed by atoms with van der Waals surface area (Å²) in [6.45, 7) is 0.981. The standard InChI is InChI=1S/C14H21N3O3S/c1-21(19,20)17-10-4-7-13(17)14(18)16-9-3-6-12-5-2-8-15-11-12/h2,5,8,11,13H,3-4,6-7,9-10H2,1H3,(H,16,18). The van der Waals surface area contributed by atoms with E-state index in [-0.39, 0.29) is 5.91 Å². The van der Waals surface area contributed by atoms with Crippen LogP contribution >= 0.6 is 0 Å². The van der Waals surface area contributed by atoms with Gasteiger partial charge in [0, 0.05) is 25.5 Å². The van der Waals surface area contributed by atoms with Crippen molar-refractivity contribution in [1.82, 2.24) is 14.6 Å². The Morgan fingerprint density at radius 1 is 1.52 bits per heavy atom. The van der Waals surface area contributed by atoms with Gasteiger partial charge in [-0.3, -0.25) is 9.78 Å². The van der Waals surface area contributed by atoms with E-state index in [1.54, 1.807) is 6.20 Å². The molecule has 0 spiro atoms. The number of carbonyl (C=O) groups is 1. The van der Waals surface area contributed by atoms with Gasteiger partial charge in [-0.2, -0.15) is 4.31 Å². The zero-order valence-electron chi connectivity index (χ0n) is 12.2. The molecule has 1 N–H and O–H groups in total. The van der Waals surface area contributed by atoms with Gasteiger partial charge in [0.15, 0.2) is 0 Å². The molecule has 0 aliphatic carbocycles. The Kier molecular flexibility index (Phi) is 5.30. The zero-order chi connectivity index (χ0) is 15.3. The summed E-state index contributed by atoms with van der Waals surface area (Å²) in [7, 11) is -3.31. The predicted molar refractivity (Wildman–Crippen MR) is 80.1 cm³/mol. The Balaban J connectivity index is 1.77. The number of hydrogen-bond acceptors (Lipinski definition) is 4. The van der Waals surface area contributed by atoms with Crippen molar-refractivity contribution in [3.63, 3.8) is 0 Å². The molecule has 1 atom stereocenters. The first-order chi connectivity index (χ1) is 9.98. The number of aromatic nitrogens is 1. The second kappa shape index (κ2) is 7.00. The normalized spacial score (nSPS) is 19.6. The van der Waals surface area contributed by atoms with Gasteiger partial charge in [-0.25, -0.2) is 8.42 Å². The lowest BCUT2D eigenvalue weighted by Gasteiger charge is -2.21. The Labute approximate surface area is 125 Å². The van der Waals surface area contributed by atoms with Crippen LogP contribution in [-0.2, 0) is 21.2 Å². The third-order valence-electron chi connectivity index (χ3n) is 3.60. The largest absolute Gasteiger partial charge is 0.355 e. The molecule has 0 saturated carbocycles. The molecule has 1 unspecified atom stereocenters. The van der Waals surface area contributed by atoms with Crippen LogP contribution in [0.1, 0.15) is 24.8 Å². The molecule has 116 valence electrons. The average molecular weight is 311 g/mol. The van der Waals surface area contributed by atoms with Gasteiger partial charge in [-0.15, -0.1) is 0 Å². The van der Waals surface area contributed by atoms with E-state index >= 15 is 0 Å². The molecule has 21 heavy (non-hydrogen) atoms. The van der Waals surface area contributed by atoms with Gasteiger partial charge in [0.25, 0.3) is 0 Å². The van der Waals surface area contributed by atoms with Crippen LogP contribution in [0.2, 0.25) is 0 Å². The number of sulfonamides is 1. The molecule has 0 bridgehead atoms. The Bertz CT molecular complexity index is 574. The van der Waals surface area contributed by atoms with Gasteiger partial charge < -0.3 is 5.32 Å². The summed E-state index contributed by atoms with van der Waals surface area (Å²) in [5.74, 6) is -0.191. The molecule has 1 saturated heterocycles. The second-order valence-electron chi connectivity index (χ2n) is 5.29. The van der Waals surface area contributed by atoms with E-state index in [0.717, 1.165) is 31.1 Å². The number of rotatable bonds is 6. The molecule has 2 rings (SSSR count). The smallest absolute Gasteiger partial charge is 0.238 e. The number of nitrogens with zero attached hydrogens (tertiary/aromatic N) is 2. The lowest BCUT2D eigenvalue weighted by Crippen LogP contribution is -2.45. The van der Waals surface area contributed by atoms with E-state index in [1.165, 1.54) is 4.31 Å². The van der Waals surface area contributed by atoms with E-state index in [0.29, 0.717) is 19.5 Å². The topological polar surface area (TPSA) is 79.4 Å². The van der Waals surface area contributed by atoms with E-state index < -0.39 is 16.1 Å². The summed E-state index contributed by atoms with van der Waals surface area (Å²) in [5, 5.41) is 2.83. The molecule has 1 aliphatic heterocycles. The highest BCUT2D eigenvalue weighted by Gasteiger charge is 2.36. The van der Waals surface area contributed by atoms with Gasteiger partial charge in [-0.05, 0) is 37.3 Å². The minimum atomic E-state index is -3.31. The van der Waals surface area contributed by atoms with Crippen LogP contribution in [-0.4, -0.2) is 49.0 Å². The van der Waals surface area contributed by atoms with Crippen molar-refractivity contribution in [2.75, 3.05) is 19.3 Å². The quantitative estimate of drug-likeness (QED) is 0.778. The maximum absolute atomic E-state index is 12.1. The highest BCUT2D eigenvalue weighted by Crippen LogP contribution is 2.20. The lowest BCUT2D eigenvalue weighted by molar-refractivity contribution is -0.124. The fourth-order valence-electron chi connectivity index (χ4n) is 2.57. The number of carbonyl (C=O) groups excluding carboxylic acids is 1. The molecule has 1 aromatic heterocycles. The van der Waals surface area contributed by atoms with Gasteiger partial charge in [0.05, 0.1) is 6.26 Å². The lowest BCUT2D eigenvalue weighted by atomic mass is 10.1. The molecule has 6 nitrogen and oxygen atoms in total. The van der Waals surface area contributed by atoms with Crippen molar-refractivity contribution in [2.24, 2.45) is 0 Å². The molecular formula is C14H21N3O3S. The minimum Gasteiger partial charge on any atom is -0.355 e. The molecule has 7 heteroatoms. The van der Waals surface area contributed by atoms with Crippen LogP contribution < -0.4 is 5.32 Å². The summed E-state index contributed by atoms with van der Waals surface area (Å²) in [5.41, 5.74) is 1.13. The van der Waals surface area contributed by atoms with Gasteiger partial charge in [-0.1, -0.05) is 6.07 Å². The van der Waals surface area contributed by atoms with Crippen molar-refractivity contribution in [2.45, 2.75) is 31.7 Å². The molecule has 1 fully saturated rings. The highest BCUT2D eigenvalue weighted by molar-refractivity contribution is 7.88. The summed E-state index contributed by atoms with van der Waals surface area (Å²) < 4.78 is 24.5. The van der Waals surface area contributed by atoms with E-state index in [9.17, 15) is 13.2 Å². The number of aryl methyl sites for hydroxylation is 1. The monoisotopic (exact) mass is 311 g/mol. The maximum atomic E-state index is 12.1. The fourth-order valence-corrected chi connectivity index (χ4v) is 3.69. The summed E-state index contributed by atoms with van der Waals surface area (Å²) in [4.78, 5) is 16.1. The highest BCUT2D eigenvalue weighted by atomic mass is 32.2. The Hall–Kier alpha value is -1.47. The predicted octanol–water partition coefficient (Wildman–Crippen LogP) is 0.554. The van der Waals surface area contributed by atoms with Crippen LogP contribution in [0.25, 0.3) is 0 Å². The molecule has 1 aromatic rings. The van der Waals surface area contributed by atoms with Crippen molar-refractivity contribution in [3.05, 3.63) is 30.1 Å². The van der Waals surface area contributed by atoms with Crippen molar-refractivity contribution in [3.8, 4) is 0 Å². The van der Waals surface area contributed by atoms with Crippen LogP contribution in [0.4, 0.5) is 0 Å². The molecule has 0 aromatic carbocycles. The first-order valence-electron chi connectivity index (χ1n) is 7.12. The third-order valence-corrected chi connectivity index (χ3v) is 4.89. The van der Waals surface area contributed by atoms with Crippen LogP contribution in [0.3, 0.4) is 0 Å². The maximum Gasteiger partial charge on any atom is 0.238 e. The number of nitrogens with one attached hydrogen (secondary N) is 1. The van der Waals surface area contributed by atoms with Gasteiger partial charge in [0.1, 0.15) is 6.04 Å². The van der Waals surface area contributed by atoms with E-state index in [4.69, 9.17) is 0 Å². The van der Waals surface area contributed by atoms with Crippen molar-refractivity contribution < 1.29 is 13.2 Å². The summed E-state index contributed by atoms with van der Waals surface area (Å²) in [6.07, 6.45) is 7.68. The SMILES string of the molecule is CS(=O)(=O)N1CCCC1C(=O)NCCCc1cccnc1. The number of hydrogen-bond donors (Lipinski definition) is 1. The summed E-state index contributed by atoms with van der Waals surface area (Å²) >= 11 is 0. The van der Waals surface area contributed by atoms with Crippen molar-refractivity contribution >= 4 is 15.9 Å². The first kappa shape index (κ1) is 15.9. The van der Waals surface area contributed by atoms with Crippen molar-refractivity contribution in [1.29, 1.82) is 0 Å². The average Bonchev–Trinajstić information content (AvgIpc) is 2.94. The van der Waals surface area contributed by atoms with E-state index in [1.807, 2.05) is 18.3 Å². The van der Waals surface area contributed by atoms with Crippen LogP contribution in [0.15, 0.2) is 24.5 Å². The van der Waals surface area contributed by atoms with Crippen LogP contribution in [0.5, 0.6) is 0 Å². The molecule has 1 aliphatic rings. The number of amides is 1. The third kappa shape index (κ3) is 4.50. The fraction of sp³-hybridized carbons (Fsp3) is 0.571. The number of pyridine rings is 1. The second-order valence-corrected chi connectivity index (χ2v) is 7.22. The molecule has 2 heterocycles. The minimum absolute atomic E-state index is 0.191. The Morgan fingerprint density at radius 2 is 2.33 bits per heavy atom. The van der Waals surface area contributed by atoms with E-state index in [2.05, 4.69) is 10.3 Å². The van der Waals surface area contributed by atoms with Crippen LogP contribution in [0, 0.1) is 0 Å².